The molecule has 0 aliphatic heterocycles. The standard InChI is InChI=1S/C20H11N3O2S/c24-17-12-8-4-5-9-13(12)18(25)16-15(17)22-19(23-16)14-10-26-20(21-14)11-6-2-1-3-7-11/h1-10H,(H,22,23). The molecule has 5 nitrogen and oxygen atoms in total. The number of rotatable bonds is 2. The second kappa shape index (κ2) is 5.57. The van der Waals surface area contributed by atoms with Crippen molar-refractivity contribution < 1.29 is 9.59 Å². The monoisotopic (exact) mass is 357 g/mol. The van der Waals surface area contributed by atoms with Crippen molar-refractivity contribution in [3.63, 3.8) is 0 Å². The summed E-state index contributed by atoms with van der Waals surface area (Å²) in [5, 5.41) is 2.73. The summed E-state index contributed by atoms with van der Waals surface area (Å²) in [6.07, 6.45) is 0. The van der Waals surface area contributed by atoms with Crippen LogP contribution in [0.15, 0.2) is 60.0 Å². The molecule has 0 atom stereocenters. The fraction of sp³-hybridized carbons (Fsp3) is 0. The van der Waals surface area contributed by atoms with Gasteiger partial charge in [-0.1, -0.05) is 54.6 Å². The van der Waals surface area contributed by atoms with E-state index in [0.717, 1.165) is 10.6 Å². The summed E-state index contributed by atoms with van der Waals surface area (Å²) >= 11 is 1.49. The molecule has 0 saturated carbocycles. The number of thiazole rings is 1. The number of fused-ring (bicyclic) bond motifs is 2. The molecule has 124 valence electrons. The lowest BCUT2D eigenvalue weighted by Crippen LogP contribution is -2.20. The number of carbonyl (C=O) groups is 2. The molecule has 0 saturated heterocycles. The summed E-state index contributed by atoms with van der Waals surface area (Å²) in [7, 11) is 0. The van der Waals surface area contributed by atoms with Crippen LogP contribution in [0, 0.1) is 0 Å². The Labute approximate surface area is 152 Å². The summed E-state index contributed by atoms with van der Waals surface area (Å²) in [4.78, 5) is 37.3. The first kappa shape index (κ1) is 14.9. The number of carbonyl (C=O) groups excluding carboxylic acids is 2. The summed E-state index contributed by atoms with van der Waals surface area (Å²) in [5.74, 6) is -0.0217. The number of nitrogens with one attached hydrogen (secondary N) is 1. The maximum atomic E-state index is 12.7. The molecule has 0 radical (unpaired) electrons. The SMILES string of the molecule is O=C1c2ccccc2C(=O)c2[nH]c(-c3csc(-c4ccccc4)n3)nc21. The highest BCUT2D eigenvalue weighted by molar-refractivity contribution is 7.13. The molecule has 6 heteroatoms. The predicted octanol–water partition coefficient (Wildman–Crippen LogP) is 3.98. The van der Waals surface area contributed by atoms with E-state index in [2.05, 4.69) is 15.0 Å². The molecule has 1 aliphatic rings. The minimum atomic E-state index is -0.240. The number of imidazole rings is 1. The van der Waals surface area contributed by atoms with Gasteiger partial charge in [0.25, 0.3) is 0 Å². The third-order valence-electron chi connectivity index (χ3n) is 4.33. The van der Waals surface area contributed by atoms with Gasteiger partial charge in [-0.2, -0.15) is 0 Å². The number of nitrogens with zero attached hydrogens (tertiary/aromatic N) is 2. The van der Waals surface area contributed by atoms with Crippen molar-refractivity contribution in [1.29, 1.82) is 0 Å². The molecule has 1 N–H and O–H groups in total. The van der Waals surface area contributed by atoms with E-state index in [1.54, 1.807) is 24.3 Å². The third-order valence-corrected chi connectivity index (χ3v) is 5.22. The van der Waals surface area contributed by atoms with E-state index in [4.69, 9.17) is 0 Å². The Kier molecular flexibility index (Phi) is 3.20. The number of hydrogen-bond acceptors (Lipinski definition) is 5. The molecule has 0 spiro atoms. The van der Waals surface area contributed by atoms with Crippen molar-refractivity contribution >= 4 is 22.9 Å². The summed E-state index contributed by atoms with van der Waals surface area (Å²) in [6.45, 7) is 0. The van der Waals surface area contributed by atoms with Gasteiger partial charge in [0.2, 0.25) is 11.6 Å². The summed E-state index contributed by atoms with van der Waals surface area (Å²) < 4.78 is 0. The Morgan fingerprint density at radius 2 is 1.50 bits per heavy atom. The van der Waals surface area contributed by atoms with E-state index in [1.165, 1.54) is 11.3 Å². The minimum absolute atomic E-state index is 0.165. The van der Waals surface area contributed by atoms with Crippen molar-refractivity contribution in [2.24, 2.45) is 0 Å². The van der Waals surface area contributed by atoms with E-state index < -0.39 is 0 Å². The molecule has 4 aromatic rings. The number of H-pyrrole nitrogens is 1. The lowest BCUT2D eigenvalue weighted by Gasteiger charge is -2.11. The Hall–Kier alpha value is -3.38. The number of aromatic nitrogens is 3. The van der Waals surface area contributed by atoms with E-state index in [9.17, 15) is 9.59 Å². The van der Waals surface area contributed by atoms with Gasteiger partial charge >= 0.3 is 0 Å². The van der Waals surface area contributed by atoms with Crippen LogP contribution in [0.3, 0.4) is 0 Å². The number of benzene rings is 2. The maximum Gasteiger partial charge on any atom is 0.214 e. The highest BCUT2D eigenvalue weighted by atomic mass is 32.1. The molecule has 2 aromatic carbocycles. The first-order chi connectivity index (χ1) is 12.7. The molecule has 2 aromatic heterocycles. The van der Waals surface area contributed by atoms with Crippen molar-refractivity contribution in [1.82, 2.24) is 15.0 Å². The van der Waals surface area contributed by atoms with Crippen LogP contribution in [-0.4, -0.2) is 26.5 Å². The van der Waals surface area contributed by atoms with E-state index >= 15 is 0 Å². The second-order valence-corrected chi connectivity index (χ2v) is 6.77. The first-order valence-electron chi connectivity index (χ1n) is 8.02. The van der Waals surface area contributed by atoms with Gasteiger partial charge in [-0.05, 0) is 0 Å². The van der Waals surface area contributed by atoms with Gasteiger partial charge in [-0.25, -0.2) is 9.97 Å². The number of hydrogen-bond donors (Lipinski definition) is 1. The third kappa shape index (κ3) is 2.16. The normalized spacial score (nSPS) is 12.8. The van der Waals surface area contributed by atoms with E-state index in [-0.39, 0.29) is 23.0 Å². The molecule has 0 fully saturated rings. The topological polar surface area (TPSA) is 75.7 Å². The van der Waals surface area contributed by atoms with Crippen molar-refractivity contribution in [3.05, 3.63) is 82.5 Å². The van der Waals surface area contributed by atoms with Crippen LogP contribution in [0.5, 0.6) is 0 Å². The average Bonchev–Trinajstić information content (AvgIpc) is 3.34. The quantitative estimate of drug-likeness (QED) is 0.518. The average molecular weight is 357 g/mol. The Morgan fingerprint density at radius 3 is 2.27 bits per heavy atom. The van der Waals surface area contributed by atoms with Gasteiger partial charge in [0, 0.05) is 22.1 Å². The van der Waals surface area contributed by atoms with E-state index in [1.807, 2.05) is 35.7 Å². The van der Waals surface area contributed by atoms with Crippen LogP contribution in [0.1, 0.15) is 32.1 Å². The van der Waals surface area contributed by atoms with Crippen LogP contribution in [0.25, 0.3) is 22.1 Å². The van der Waals surface area contributed by atoms with Crippen LogP contribution >= 0.6 is 11.3 Å². The molecule has 5 rings (SSSR count). The fourth-order valence-electron chi connectivity index (χ4n) is 3.06. The Morgan fingerprint density at radius 1 is 0.808 bits per heavy atom. The second-order valence-electron chi connectivity index (χ2n) is 5.92. The van der Waals surface area contributed by atoms with Crippen molar-refractivity contribution in [2.45, 2.75) is 0 Å². The summed E-state index contributed by atoms with van der Waals surface area (Å²) in [5.41, 5.74) is 2.83. The van der Waals surface area contributed by atoms with Crippen LogP contribution in [0.2, 0.25) is 0 Å². The molecule has 0 unspecified atom stereocenters. The van der Waals surface area contributed by atoms with Gasteiger partial charge in [0.1, 0.15) is 22.1 Å². The van der Waals surface area contributed by atoms with Crippen LogP contribution in [-0.2, 0) is 0 Å². The van der Waals surface area contributed by atoms with Gasteiger partial charge in [-0.3, -0.25) is 9.59 Å². The zero-order chi connectivity index (χ0) is 17.7. The zero-order valence-corrected chi connectivity index (χ0v) is 14.2. The van der Waals surface area contributed by atoms with Gasteiger partial charge in [-0.15, -0.1) is 11.3 Å². The highest BCUT2D eigenvalue weighted by Gasteiger charge is 2.33. The predicted molar refractivity (Wildman–Crippen MR) is 98.4 cm³/mol. The van der Waals surface area contributed by atoms with Gasteiger partial charge in [0.05, 0.1) is 0 Å². The molecule has 0 amide bonds. The fourth-order valence-corrected chi connectivity index (χ4v) is 3.87. The number of aromatic amines is 1. The Balaban J connectivity index is 1.59. The molecule has 26 heavy (non-hydrogen) atoms. The molecule has 1 aliphatic carbocycles. The maximum absolute atomic E-state index is 12.7. The van der Waals surface area contributed by atoms with Crippen LogP contribution < -0.4 is 0 Å². The van der Waals surface area contributed by atoms with Gasteiger partial charge in [0.15, 0.2) is 5.82 Å². The van der Waals surface area contributed by atoms with Crippen LogP contribution in [0.4, 0.5) is 0 Å². The minimum Gasteiger partial charge on any atom is -0.333 e. The lowest BCUT2D eigenvalue weighted by atomic mass is 9.90. The zero-order valence-electron chi connectivity index (χ0n) is 13.4. The molecule has 2 heterocycles. The highest BCUT2D eigenvalue weighted by Crippen LogP contribution is 2.31. The lowest BCUT2D eigenvalue weighted by molar-refractivity contribution is 0.0974. The number of ketones is 2. The van der Waals surface area contributed by atoms with Crippen molar-refractivity contribution in [2.75, 3.05) is 0 Å². The first-order valence-corrected chi connectivity index (χ1v) is 8.90. The van der Waals surface area contributed by atoms with E-state index in [0.29, 0.717) is 22.6 Å². The molecule has 0 bridgehead atoms. The summed E-state index contributed by atoms with van der Waals surface area (Å²) in [6, 6.07) is 16.6. The largest absolute Gasteiger partial charge is 0.333 e. The smallest absolute Gasteiger partial charge is 0.214 e. The molecular weight excluding hydrogens is 346 g/mol. The van der Waals surface area contributed by atoms with Gasteiger partial charge < -0.3 is 4.98 Å². The van der Waals surface area contributed by atoms with Crippen molar-refractivity contribution in [3.8, 4) is 22.1 Å². The Bertz CT molecular complexity index is 1120. The molecular formula is C20H11N3O2S.